The van der Waals surface area contributed by atoms with Crippen molar-refractivity contribution in [1.82, 2.24) is 10.2 Å². The summed E-state index contributed by atoms with van der Waals surface area (Å²) in [7, 11) is 4.50. The SMILES string of the molecule is C=C[C@@H]1C[C@]1(NC(=O)[C@@H]1C[C@H](O)CN1C(=O)OC(C)(C)C)C(=O)OC.COC. The lowest BCUT2D eigenvalue weighted by Gasteiger charge is -2.28. The Bertz CT molecular complexity index is 602. The summed E-state index contributed by atoms with van der Waals surface area (Å²) in [6.07, 6.45) is 0.573. The van der Waals surface area contributed by atoms with Gasteiger partial charge in [-0.25, -0.2) is 9.59 Å². The van der Waals surface area contributed by atoms with Crippen molar-refractivity contribution in [3.63, 3.8) is 0 Å². The van der Waals surface area contributed by atoms with E-state index in [2.05, 4.69) is 16.6 Å². The van der Waals surface area contributed by atoms with Gasteiger partial charge in [-0.2, -0.15) is 0 Å². The number of likely N-dealkylation sites (tertiary alicyclic amines) is 1. The van der Waals surface area contributed by atoms with Crippen molar-refractivity contribution >= 4 is 18.0 Å². The molecule has 2 aliphatic rings. The molecule has 0 spiro atoms. The Balaban J connectivity index is 0.00000122. The number of carbonyl (C=O) groups excluding carboxylic acids is 3. The molecule has 2 fully saturated rings. The summed E-state index contributed by atoms with van der Waals surface area (Å²) in [5, 5.41) is 12.6. The number of esters is 1. The molecule has 2 amide bonds. The van der Waals surface area contributed by atoms with Gasteiger partial charge in [0, 0.05) is 26.6 Å². The van der Waals surface area contributed by atoms with Gasteiger partial charge in [0.2, 0.25) is 5.91 Å². The van der Waals surface area contributed by atoms with Crippen LogP contribution in [0.25, 0.3) is 0 Å². The van der Waals surface area contributed by atoms with E-state index in [-0.39, 0.29) is 18.9 Å². The van der Waals surface area contributed by atoms with Crippen LogP contribution in [-0.4, -0.2) is 79.1 Å². The van der Waals surface area contributed by atoms with Gasteiger partial charge in [0.25, 0.3) is 0 Å². The van der Waals surface area contributed by atoms with E-state index in [1.807, 2.05) is 0 Å². The van der Waals surface area contributed by atoms with E-state index in [1.165, 1.54) is 12.0 Å². The van der Waals surface area contributed by atoms with Gasteiger partial charge < -0.3 is 24.6 Å². The fraction of sp³-hybridized carbons (Fsp3) is 0.737. The Hall–Kier alpha value is -2.13. The van der Waals surface area contributed by atoms with Crippen LogP contribution in [0.4, 0.5) is 4.79 Å². The van der Waals surface area contributed by atoms with E-state index in [4.69, 9.17) is 9.47 Å². The van der Waals surface area contributed by atoms with Gasteiger partial charge in [0.1, 0.15) is 17.2 Å². The van der Waals surface area contributed by atoms with Crippen molar-refractivity contribution in [3.05, 3.63) is 12.7 Å². The average molecular weight is 400 g/mol. The maximum Gasteiger partial charge on any atom is 0.411 e. The number of aliphatic hydroxyl groups excluding tert-OH is 1. The largest absolute Gasteiger partial charge is 0.467 e. The number of nitrogens with zero attached hydrogens (tertiary/aromatic N) is 1. The fourth-order valence-electron chi connectivity index (χ4n) is 3.07. The van der Waals surface area contributed by atoms with Crippen LogP contribution < -0.4 is 5.32 Å². The third kappa shape index (κ3) is 5.68. The molecule has 0 aromatic rings. The number of methoxy groups -OCH3 is 2. The monoisotopic (exact) mass is 400 g/mol. The van der Waals surface area contributed by atoms with E-state index in [0.29, 0.717) is 6.42 Å². The van der Waals surface area contributed by atoms with Crippen molar-refractivity contribution in [2.75, 3.05) is 27.9 Å². The molecule has 0 aromatic carbocycles. The summed E-state index contributed by atoms with van der Waals surface area (Å²) < 4.78 is 14.3. The standard InChI is InChI=1S/C17H26N2O6.C2H6O/c1-6-10-8-17(10,14(22)24-5)18-13(21)12-7-11(20)9-19(12)15(23)25-16(2,3)4;1-3-2/h6,10-12,20H,1,7-9H2,2-5H3,(H,18,21);1-2H3/t10-,11+,12+,17-;/m1./s1. The van der Waals surface area contributed by atoms with Gasteiger partial charge in [-0.3, -0.25) is 9.69 Å². The summed E-state index contributed by atoms with van der Waals surface area (Å²) >= 11 is 0. The number of carbonyl (C=O) groups is 3. The Morgan fingerprint density at radius 2 is 1.82 bits per heavy atom. The minimum atomic E-state index is -1.14. The number of hydrogen-bond acceptors (Lipinski definition) is 7. The third-order valence-electron chi connectivity index (χ3n) is 4.40. The molecule has 1 saturated carbocycles. The molecular formula is C19H32N2O7. The zero-order valence-electron chi connectivity index (χ0n) is 17.5. The van der Waals surface area contributed by atoms with Crippen molar-refractivity contribution in [3.8, 4) is 0 Å². The molecule has 1 aliphatic heterocycles. The highest BCUT2D eigenvalue weighted by molar-refractivity contribution is 5.94. The third-order valence-corrected chi connectivity index (χ3v) is 4.40. The molecule has 4 atom stereocenters. The predicted molar refractivity (Wildman–Crippen MR) is 101 cm³/mol. The molecular weight excluding hydrogens is 368 g/mol. The average Bonchev–Trinajstić information content (AvgIpc) is 3.16. The molecule has 9 nitrogen and oxygen atoms in total. The fourth-order valence-corrected chi connectivity index (χ4v) is 3.07. The molecule has 28 heavy (non-hydrogen) atoms. The molecule has 2 N–H and O–H groups in total. The van der Waals surface area contributed by atoms with E-state index in [9.17, 15) is 19.5 Å². The van der Waals surface area contributed by atoms with Crippen molar-refractivity contribution in [1.29, 1.82) is 0 Å². The Kier molecular flexibility index (Phi) is 8.01. The van der Waals surface area contributed by atoms with Gasteiger partial charge in [-0.15, -0.1) is 6.58 Å². The molecule has 1 heterocycles. The Morgan fingerprint density at radius 1 is 1.25 bits per heavy atom. The molecule has 0 radical (unpaired) electrons. The van der Waals surface area contributed by atoms with Crippen LogP contribution in [0.15, 0.2) is 12.7 Å². The number of amides is 2. The van der Waals surface area contributed by atoms with Gasteiger partial charge >= 0.3 is 12.1 Å². The first-order valence-electron chi connectivity index (χ1n) is 9.06. The smallest absolute Gasteiger partial charge is 0.411 e. The van der Waals surface area contributed by atoms with Crippen LogP contribution in [0.1, 0.15) is 33.6 Å². The first-order valence-corrected chi connectivity index (χ1v) is 9.06. The lowest BCUT2D eigenvalue weighted by atomic mass is 10.1. The normalized spacial score (nSPS) is 28.5. The maximum atomic E-state index is 12.7. The predicted octanol–water partition coefficient (Wildman–Crippen LogP) is 0.853. The lowest BCUT2D eigenvalue weighted by Crippen LogP contribution is -2.53. The zero-order valence-corrected chi connectivity index (χ0v) is 17.5. The van der Waals surface area contributed by atoms with E-state index in [0.717, 1.165) is 0 Å². The topological polar surface area (TPSA) is 114 Å². The molecule has 9 heteroatoms. The minimum Gasteiger partial charge on any atom is -0.467 e. The number of nitrogens with one attached hydrogen (secondary N) is 1. The number of aliphatic hydroxyl groups is 1. The second kappa shape index (κ2) is 9.38. The minimum absolute atomic E-state index is 0.00309. The van der Waals surface area contributed by atoms with Crippen LogP contribution in [0.3, 0.4) is 0 Å². The van der Waals surface area contributed by atoms with E-state index in [1.54, 1.807) is 41.1 Å². The number of β-amino-alcohol motifs (C(OH)–C–C–N with tert-alkyl or cyclic N) is 1. The molecule has 1 saturated heterocycles. The molecule has 2 rings (SSSR count). The van der Waals surface area contributed by atoms with Crippen LogP contribution >= 0.6 is 0 Å². The second-order valence-corrected chi connectivity index (χ2v) is 7.94. The van der Waals surface area contributed by atoms with E-state index >= 15 is 0 Å². The van der Waals surface area contributed by atoms with Crippen LogP contribution in [0.5, 0.6) is 0 Å². The first kappa shape index (κ1) is 23.9. The lowest BCUT2D eigenvalue weighted by molar-refractivity contribution is -0.147. The maximum absolute atomic E-state index is 12.7. The number of ether oxygens (including phenoxy) is 3. The summed E-state index contributed by atoms with van der Waals surface area (Å²) in [4.78, 5) is 38.3. The molecule has 0 aromatic heterocycles. The summed E-state index contributed by atoms with van der Waals surface area (Å²) in [6, 6.07) is -0.905. The van der Waals surface area contributed by atoms with Gasteiger partial charge in [-0.05, 0) is 27.2 Å². The molecule has 160 valence electrons. The van der Waals surface area contributed by atoms with Crippen LogP contribution in [0.2, 0.25) is 0 Å². The Labute approximate surface area is 166 Å². The quantitative estimate of drug-likeness (QED) is 0.531. The molecule has 0 bridgehead atoms. The highest BCUT2D eigenvalue weighted by atomic mass is 16.6. The number of hydrogen-bond donors (Lipinski definition) is 2. The first-order chi connectivity index (χ1) is 13.0. The van der Waals surface area contributed by atoms with Crippen molar-refractivity contribution in [2.24, 2.45) is 5.92 Å². The summed E-state index contributed by atoms with van der Waals surface area (Å²) in [5.41, 5.74) is -1.86. The van der Waals surface area contributed by atoms with Crippen LogP contribution in [-0.2, 0) is 23.8 Å². The number of rotatable bonds is 4. The Morgan fingerprint density at radius 3 is 2.25 bits per heavy atom. The highest BCUT2D eigenvalue weighted by Gasteiger charge is 2.61. The van der Waals surface area contributed by atoms with Gasteiger partial charge in [0.05, 0.1) is 19.8 Å². The summed E-state index contributed by atoms with van der Waals surface area (Å²) in [6.45, 7) is 8.81. The van der Waals surface area contributed by atoms with Crippen molar-refractivity contribution in [2.45, 2.75) is 56.9 Å². The summed E-state index contributed by atoms with van der Waals surface area (Å²) in [5.74, 6) is -1.28. The van der Waals surface area contributed by atoms with E-state index < -0.39 is 41.3 Å². The van der Waals surface area contributed by atoms with Gasteiger partial charge in [0.15, 0.2) is 0 Å². The second-order valence-electron chi connectivity index (χ2n) is 7.94. The highest BCUT2D eigenvalue weighted by Crippen LogP contribution is 2.45. The zero-order chi connectivity index (χ0) is 21.7. The van der Waals surface area contributed by atoms with Gasteiger partial charge in [-0.1, -0.05) is 6.08 Å². The molecule has 1 aliphatic carbocycles. The molecule has 0 unspecified atom stereocenters. The van der Waals surface area contributed by atoms with Crippen LogP contribution in [0, 0.1) is 5.92 Å². The van der Waals surface area contributed by atoms with Crippen molar-refractivity contribution < 1.29 is 33.7 Å².